The maximum atomic E-state index is 12.7. The summed E-state index contributed by atoms with van der Waals surface area (Å²) >= 11 is 0. The minimum Gasteiger partial charge on any atom is -0.287 e. The third-order valence-electron chi connectivity index (χ3n) is 1.35. The molecule has 1 aromatic rings. The Morgan fingerprint density at radius 2 is 1.75 bits per heavy atom. The number of amidine groups is 1. The van der Waals surface area contributed by atoms with E-state index in [0.29, 0.717) is 0 Å². The molecule has 0 amide bonds. The lowest BCUT2D eigenvalue weighted by atomic mass is 10.2. The standard InChI is InChI=1S/C7H5F3N2/c8-4-2-1-3(7(11)12)5(9)6(4)10/h1-2H,(H3,11,12)/p+1. The molecule has 1 rings (SSSR count). The highest BCUT2D eigenvalue weighted by molar-refractivity contribution is 5.92. The number of nitrogens with two attached hydrogens (primary N) is 2. The Labute approximate surface area is 66.3 Å². The maximum Gasteiger partial charge on any atom is 0.273 e. The summed E-state index contributed by atoms with van der Waals surface area (Å²) in [6, 6.07) is 1.73. The first kappa shape index (κ1) is 8.58. The first-order valence-corrected chi connectivity index (χ1v) is 3.05. The van der Waals surface area contributed by atoms with Crippen LogP contribution in [0.2, 0.25) is 0 Å². The number of hydrogen-bond donors (Lipinski definition) is 2. The van der Waals surface area contributed by atoms with Crippen molar-refractivity contribution < 1.29 is 18.6 Å². The molecule has 0 saturated heterocycles. The summed E-state index contributed by atoms with van der Waals surface area (Å²) in [5.74, 6) is -4.58. The van der Waals surface area contributed by atoms with Crippen LogP contribution < -0.4 is 11.1 Å². The summed E-state index contributed by atoms with van der Waals surface area (Å²) < 4.78 is 37.5. The van der Waals surface area contributed by atoms with Gasteiger partial charge < -0.3 is 0 Å². The van der Waals surface area contributed by atoms with Gasteiger partial charge in [-0.3, -0.25) is 11.1 Å². The van der Waals surface area contributed by atoms with E-state index in [9.17, 15) is 13.2 Å². The van der Waals surface area contributed by atoms with Crippen molar-refractivity contribution in [2.75, 3.05) is 0 Å². The third kappa shape index (κ3) is 1.25. The van der Waals surface area contributed by atoms with E-state index in [1.54, 1.807) is 0 Å². The van der Waals surface area contributed by atoms with Gasteiger partial charge in [0.05, 0.1) is 0 Å². The average Bonchev–Trinajstić information content (AvgIpc) is 2.00. The van der Waals surface area contributed by atoms with E-state index in [1.807, 2.05) is 0 Å². The second kappa shape index (κ2) is 2.84. The van der Waals surface area contributed by atoms with Crippen LogP contribution in [0.1, 0.15) is 5.56 Å². The van der Waals surface area contributed by atoms with E-state index in [2.05, 4.69) is 0 Å². The largest absolute Gasteiger partial charge is 0.287 e. The number of rotatable bonds is 1. The van der Waals surface area contributed by atoms with Gasteiger partial charge in [-0.2, -0.15) is 0 Å². The van der Waals surface area contributed by atoms with Crippen molar-refractivity contribution in [1.29, 1.82) is 0 Å². The summed E-state index contributed by atoms with van der Waals surface area (Å²) in [6.45, 7) is 0. The van der Waals surface area contributed by atoms with E-state index < -0.39 is 17.5 Å². The molecule has 12 heavy (non-hydrogen) atoms. The Balaban J connectivity index is 3.36. The molecule has 1 aromatic carbocycles. The molecule has 0 spiro atoms. The van der Waals surface area contributed by atoms with Gasteiger partial charge in [0.25, 0.3) is 5.84 Å². The van der Waals surface area contributed by atoms with Gasteiger partial charge in [-0.05, 0) is 12.1 Å². The van der Waals surface area contributed by atoms with Crippen LogP contribution >= 0.6 is 0 Å². The van der Waals surface area contributed by atoms with Crippen LogP contribution in [0, 0.1) is 17.5 Å². The molecule has 0 aromatic heterocycles. The SMILES string of the molecule is NC(=[NH2+])c1ccc(F)c(F)c1F. The van der Waals surface area contributed by atoms with E-state index in [-0.39, 0.29) is 11.4 Å². The molecule has 0 saturated carbocycles. The van der Waals surface area contributed by atoms with Gasteiger partial charge in [-0.15, -0.1) is 0 Å². The quantitative estimate of drug-likeness (QED) is 0.339. The van der Waals surface area contributed by atoms with Crippen molar-refractivity contribution in [2.24, 2.45) is 5.73 Å². The fourth-order valence-corrected chi connectivity index (χ4v) is 0.749. The summed E-state index contributed by atoms with van der Waals surface area (Å²) in [6.07, 6.45) is 0. The molecule has 0 aliphatic heterocycles. The van der Waals surface area contributed by atoms with Crippen molar-refractivity contribution in [2.45, 2.75) is 0 Å². The Morgan fingerprint density at radius 3 is 2.25 bits per heavy atom. The molecule has 0 heterocycles. The predicted molar refractivity (Wildman–Crippen MR) is 36.5 cm³/mol. The molecule has 0 aliphatic carbocycles. The highest BCUT2D eigenvalue weighted by Gasteiger charge is 2.16. The predicted octanol–water partition coefficient (Wildman–Crippen LogP) is -0.432. The van der Waals surface area contributed by atoms with Crippen molar-refractivity contribution in [3.63, 3.8) is 0 Å². The lowest BCUT2D eigenvalue weighted by Gasteiger charge is -1.97. The number of benzene rings is 1. The first-order chi connectivity index (χ1) is 5.54. The normalized spacial score (nSPS) is 9.92. The van der Waals surface area contributed by atoms with Gasteiger partial charge in [0.2, 0.25) is 0 Å². The second-order valence-corrected chi connectivity index (χ2v) is 2.18. The Hall–Kier alpha value is -1.52. The lowest BCUT2D eigenvalue weighted by molar-refractivity contribution is -0.114. The maximum absolute atomic E-state index is 12.7. The van der Waals surface area contributed by atoms with Crippen LogP contribution in [0.15, 0.2) is 12.1 Å². The monoisotopic (exact) mass is 175 g/mol. The van der Waals surface area contributed by atoms with Crippen LogP contribution in [0.5, 0.6) is 0 Å². The third-order valence-corrected chi connectivity index (χ3v) is 1.35. The summed E-state index contributed by atoms with van der Waals surface area (Å²) in [5, 5.41) is 5.00. The molecule has 2 nitrogen and oxygen atoms in total. The molecule has 0 unspecified atom stereocenters. The topological polar surface area (TPSA) is 51.6 Å². The van der Waals surface area contributed by atoms with Crippen molar-refractivity contribution in [1.82, 2.24) is 0 Å². The van der Waals surface area contributed by atoms with Crippen LogP contribution in [0.3, 0.4) is 0 Å². The van der Waals surface area contributed by atoms with Gasteiger partial charge in [0.1, 0.15) is 5.56 Å². The first-order valence-electron chi connectivity index (χ1n) is 3.05. The van der Waals surface area contributed by atoms with Crippen molar-refractivity contribution in [3.8, 4) is 0 Å². The lowest BCUT2D eigenvalue weighted by Crippen LogP contribution is -2.46. The Kier molecular flexibility index (Phi) is 2.03. The highest BCUT2D eigenvalue weighted by Crippen LogP contribution is 2.13. The summed E-state index contributed by atoms with van der Waals surface area (Å²) in [7, 11) is 0. The van der Waals surface area contributed by atoms with Crippen LogP contribution in [0.4, 0.5) is 13.2 Å². The van der Waals surface area contributed by atoms with Gasteiger partial charge in [0, 0.05) is 0 Å². The average molecular weight is 175 g/mol. The van der Waals surface area contributed by atoms with E-state index >= 15 is 0 Å². The van der Waals surface area contributed by atoms with Crippen molar-refractivity contribution >= 4 is 5.84 Å². The minimum absolute atomic E-state index is 0.325. The minimum atomic E-state index is -1.57. The van der Waals surface area contributed by atoms with Gasteiger partial charge in [-0.25, -0.2) is 13.2 Å². The van der Waals surface area contributed by atoms with Crippen LogP contribution in [-0.4, -0.2) is 5.84 Å². The number of hydrogen-bond acceptors (Lipinski definition) is 0. The molecule has 0 aliphatic rings. The van der Waals surface area contributed by atoms with Gasteiger partial charge in [0.15, 0.2) is 17.5 Å². The van der Waals surface area contributed by atoms with Crippen LogP contribution in [0.25, 0.3) is 0 Å². The van der Waals surface area contributed by atoms with Gasteiger partial charge in [-0.1, -0.05) is 0 Å². The van der Waals surface area contributed by atoms with Crippen molar-refractivity contribution in [3.05, 3.63) is 35.1 Å². The molecule has 5 heteroatoms. The summed E-state index contributed by atoms with van der Waals surface area (Å²) in [4.78, 5) is 0. The van der Waals surface area contributed by atoms with Gasteiger partial charge >= 0.3 is 0 Å². The molecule has 0 atom stereocenters. The molecule has 0 bridgehead atoms. The summed E-state index contributed by atoms with van der Waals surface area (Å²) in [5.41, 5.74) is 4.67. The molecule has 0 fully saturated rings. The zero-order chi connectivity index (χ0) is 9.30. The van der Waals surface area contributed by atoms with E-state index in [1.165, 1.54) is 0 Å². The molecule has 0 radical (unpaired) electrons. The molecule has 4 N–H and O–H groups in total. The van der Waals surface area contributed by atoms with Crippen LogP contribution in [-0.2, 0) is 0 Å². The molecular formula is C7H6F3N2+. The zero-order valence-corrected chi connectivity index (χ0v) is 5.94. The fraction of sp³-hybridized carbons (Fsp3) is 0. The second-order valence-electron chi connectivity index (χ2n) is 2.18. The Morgan fingerprint density at radius 1 is 1.17 bits per heavy atom. The molecule has 64 valence electrons. The smallest absolute Gasteiger partial charge is 0.273 e. The number of halogens is 3. The highest BCUT2D eigenvalue weighted by atomic mass is 19.2. The fourth-order valence-electron chi connectivity index (χ4n) is 0.749. The van der Waals surface area contributed by atoms with E-state index in [4.69, 9.17) is 11.1 Å². The zero-order valence-electron chi connectivity index (χ0n) is 5.94. The van der Waals surface area contributed by atoms with E-state index in [0.717, 1.165) is 12.1 Å². The molecular weight excluding hydrogens is 169 g/mol. The Bertz CT molecular complexity index is 336.